The molecule has 1 N–H and O–H groups in total. The molecule has 0 aliphatic carbocycles. The Morgan fingerprint density at radius 2 is 2.20 bits per heavy atom. The van der Waals surface area contributed by atoms with Crippen molar-refractivity contribution >= 4 is 0 Å². The molecule has 0 aromatic heterocycles. The summed E-state index contributed by atoms with van der Waals surface area (Å²) in [4.78, 5) is 0. The van der Waals surface area contributed by atoms with Crippen LogP contribution in [-0.4, -0.2) is 17.0 Å². The van der Waals surface area contributed by atoms with Crippen molar-refractivity contribution < 1.29 is 9.84 Å². The van der Waals surface area contributed by atoms with Crippen molar-refractivity contribution in [1.82, 2.24) is 0 Å². The van der Waals surface area contributed by atoms with Crippen molar-refractivity contribution in [2.75, 3.05) is 0 Å². The van der Waals surface area contributed by atoms with Crippen molar-refractivity contribution in [2.24, 2.45) is 5.92 Å². The molecule has 10 heavy (non-hydrogen) atoms. The van der Waals surface area contributed by atoms with E-state index in [1.165, 1.54) is 0 Å². The predicted molar refractivity (Wildman–Crippen MR) is 39.6 cm³/mol. The third kappa shape index (κ3) is 1.18. The quantitative estimate of drug-likeness (QED) is 0.609. The summed E-state index contributed by atoms with van der Waals surface area (Å²) in [6.07, 6.45) is 2.20. The van der Waals surface area contributed by atoms with Gasteiger partial charge in [0.05, 0.1) is 0 Å². The molecule has 2 nitrogen and oxygen atoms in total. The zero-order chi connectivity index (χ0) is 7.78. The lowest BCUT2D eigenvalue weighted by atomic mass is 9.97. The van der Waals surface area contributed by atoms with Gasteiger partial charge in [-0.3, -0.25) is 0 Å². The fraction of sp³-hybridized carbons (Fsp3) is 1.00. The van der Waals surface area contributed by atoms with Crippen LogP contribution >= 0.6 is 0 Å². The Morgan fingerprint density at radius 1 is 1.70 bits per heavy atom. The third-order valence-electron chi connectivity index (χ3n) is 2.32. The van der Waals surface area contributed by atoms with E-state index in [1.54, 1.807) is 0 Å². The van der Waals surface area contributed by atoms with Gasteiger partial charge in [0.2, 0.25) is 0 Å². The number of aliphatic hydroxyl groups is 1. The molecule has 0 radical (unpaired) electrons. The third-order valence-corrected chi connectivity index (χ3v) is 2.32. The van der Waals surface area contributed by atoms with Gasteiger partial charge in [-0.1, -0.05) is 20.3 Å². The first-order valence-corrected chi connectivity index (χ1v) is 4.01. The minimum absolute atomic E-state index is 0.0500. The molecular weight excluding hydrogens is 128 g/mol. The van der Waals surface area contributed by atoms with Crippen LogP contribution in [0.2, 0.25) is 0 Å². The summed E-state index contributed by atoms with van der Waals surface area (Å²) in [5, 5.41) is 9.57. The molecule has 1 rings (SSSR count). The van der Waals surface area contributed by atoms with Crippen molar-refractivity contribution in [3.63, 3.8) is 0 Å². The van der Waals surface area contributed by atoms with Gasteiger partial charge in [0.15, 0.2) is 5.79 Å². The highest BCUT2D eigenvalue weighted by molar-refractivity contribution is 4.93. The summed E-state index contributed by atoms with van der Waals surface area (Å²) in [5.41, 5.74) is 0. The average Bonchev–Trinajstić information content (AvgIpc) is 2.43. The van der Waals surface area contributed by atoms with E-state index in [4.69, 9.17) is 4.74 Å². The van der Waals surface area contributed by atoms with Gasteiger partial charge in [-0.05, 0) is 13.3 Å². The summed E-state index contributed by atoms with van der Waals surface area (Å²) in [7, 11) is 0. The van der Waals surface area contributed by atoms with E-state index in [0.29, 0.717) is 0 Å². The zero-order valence-corrected chi connectivity index (χ0v) is 6.92. The van der Waals surface area contributed by atoms with Crippen LogP contribution in [0.4, 0.5) is 0 Å². The molecule has 0 bridgehead atoms. The van der Waals surface area contributed by atoms with Crippen LogP contribution < -0.4 is 0 Å². The minimum Gasteiger partial charge on any atom is -0.363 e. The molecule has 3 atom stereocenters. The topological polar surface area (TPSA) is 32.8 Å². The molecule has 60 valence electrons. The Balaban J connectivity index is 2.34. The predicted octanol–water partition coefficient (Wildman–Crippen LogP) is 1.53. The van der Waals surface area contributed by atoms with Gasteiger partial charge in [0.25, 0.3) is 0 Å². The van der Waals surface area contributed by atoms with Gasteiger partial charge in [0, 0.05) is 5.92 Å². The van der Waals surface area contributed by atoms with E-state index in [-0.39, 0.29) is 12.0 Å². The Bertz CT molecular complexity index is 124. The molecule has 2 heteroatoms. The number of ether oxygens (including phenoxy) is 1. The lowest BCUT2D eigenvalue weighted by Gasteiger charge is -2.13. The van der Waals surface area contributed by atoms with Crippen LogP contribution in [0.25, 0.3) is 0 Å². The van der Waals surface area contributed by atoms with E-state index in [2.05, 4.69) is 6.92 Å². The van der Waals surface area contributed by atoms with E-state index in [1.807, 2.05) is 13.8 Å². The Morgan fingerprint density at radius 3 is 2.50 bits per heavy atom. The fourth-order valence-corrected chi connectivity index (χ4v) is 1.41. The molecule has 3 unspecified atom stereocenters. The molecule has 1 aliphatic heterocycles. The molecule has 1 saturated heterocycles. The maximum atomic E-state index is 9.57. The van der Waals surface area contributed by atoms with Gasteiger partial charge in [-0.25, -0.2) is 0 Å². The van der Waals surface area contributed by atoms with Gasteiger partial charge in [-0.2, -0.15) is 0 Å². The second-order valence-electron chi connectivity index (χ2n) is 3.20. The van der Waals surface area contributed by atoms with Crippen LogP contribution in [0, 0.1) is 5.92 Å². The highest BCUT2D eigenvalue weighted by Gasteiger charge is 2.55. The Hall–Kier alpha value is -0.0800. The molecule has 0 amide bonds. The van der Waals surface area contributed by atoms with E-state index < -0.39 is 5.79 Å². The first-order valence-electron chi connectivity index (χ1n) is 4.01. The number of hydrogen-bond acceptors (Lipinski definition) is 2. The Kier molecular flexibility index (Phi) is 2.02. The van der Waals surface area contributed by atoms with Crippen LogP contribution in [0.3, 0.4) is 0 Å². The molecule has 1 heterocycles. The molecule has 0 saturated carbocycles. The summed E-state index contributed by atoms with van der Waals surface area (Å²) in [6, 6.07) is 0. The van der Waals surface area contributed by atoms with Crippen molar-refractivity contribution in [3.05, 3.63) is 0 Å². The fourth-order valence-electron chi connectivity index (χ4n) is 1.41. The summed E-state index contributed by atoms with van der Waals surface area (Å²) < 4.78 is 5.07. The van der Waals surface area contributed by atoms with Crippen LogP contribution in [0.1, 0.15) is 33.6 Å². The molecule has 1 fully saturated rings. The minimum atomic E-state index is -0.782. The van der Waals surface area contributed by atoms with E-state index >= 15 is 0 Å². The molecule has 1 aliphatic rings. The average molecular weight is 144 g/mol. The van der Waals surface area contributed by atoms with Crippen LogP contribution in [0.5, 0.6) is 0 Å². The standard InChI is InChI=1S/C8H16O2/c1-4-5-6(2)8(9)7(3)10-8/h6-7,9H,4-5H2,1-3H3. The van der Waals surface area contributed by atoms with E-state index in [9.17, 15) is 5.11 Å². The number of rotatable bonds is 3. The smallest absolute Gasteiger partial charge is 0.195 e. The van der Waals surface area contributed by atoms with Crippen LogP contribution in [0.15, 0.2) is 0 Å². The summed E-state index contributed by atoms with van der Waals surface area (Å²) in [5.74, 6) is -0.497. The lowest BCUT2D eigenvalue weighted by Crippen LogP contribution is -2.23. The van der Waals surface area contributed by atoms with Gasteiger partial charge in [0.1, 0.15) is 6.10 Å². The molecule has 0 aromatic rings. The largest absolute Gasteiger partial charge is 0.363 e. The van der Waals surface area contributed by atoms with Crippen LogP contribution in [-0.2, 0) is 4.74 Å². The van der Waals surface area contributed by atoms with Crippen molar-refractivity contribution in [2.45, 2.75) is 45.5 Å². The molecule has 0 aromatic carbocycles. The lowest BCUT2D eigenvalue weighted by molar-refractivity contribution is -0.0142. The van der Waals surface area contributed by atoms with E-state index in [0.717, 1.165) is 12.8 Å². The Labute approximate surface area is 62.2 Å². The van der Waals surface area contributed by atoms with Crippen molar-refractivity contribution in [3.8, 4) is 0 Å². The molecular formula is C8H16O2. The summed E-state index contributed by atoms with van der Waals surface area (Å²) >= 11 is 0. The van der Waals surface area contributed by atoms with Gasteiger partial charge >= 0.3 is 0 Å². The number of epoxide rings is 1. The second-order valence-corrected chi connectivity index (χ2v) is 3.20. The maximum absolute atomic E-state index is 9.57. The monoisotopic (exact) mass is 144 g/mol. The first-order chi connectivity index (χ1) is 4.61. The second kappa shape index (κ2) is 2.51. The highest BCUT2D eigenvalue weighted by Crippen LogP contribution is 2.41. The zero-order valence-electron chi connectivity index (χ0n) is 6.92. The van der Waals surface area contributed by atoms with Crippen molar-refractivity contribution in [1.29, 1.82) is 0 Å². The number of hydrogen-bond donors (Lipinski definition) is 1. The first kappa shape index (κ1) is 8.02. The summed E-state index contributed by atoms with van der Waals surface area (Å²) in [6.45, 7) is 6.06. The van der Waals surface area contributed by atoms with Gasteiger partial charge < -0.3 is 9.84 Å². The van der Waals surface area contributed by atoms with Gasteiger partial charge in [-0.15, -0.1) is 0 Å². The maximum Gasteiger partial charge on any atom is 0.195 e. The normalized spacial score (nSPS) is 41.4. The highest BCUT2D eigenvalue weighted by atomic mass is 16.7. The molecule has 0 spiro atoms. The SMILES string of the molecule is CCCC(C)C1(O)OC1C.